The molecule has 2 atom stereocenters. The number of benzene rings is 1. The summed E-state index contributed by atoms with van der Waals surface area (Å²) >= 11 is 0. The Hall–Kier alpha value is -1.91. The van der Waals surface area contributed by atoms with Gasteiger partial charge in [0.2, 0.25) is 5.91 Å². The highest BCUT2D eigenvalue weighted by Crippen LogP contribution is 2.31. The molecule has 1 aliphatic carbocycles. The Labute approximate surface area is 117 Å². The summed E-state index contributed by atoms with van der Waals surface area (Å²) in [5, 5.41) is 11.8. The third kappa shape index (κ3) is 2.98. The van der Waals surface area contributed by atoms with Gasteiger partial charge in [-0.25, -0.2) is 4.39 Å². The van der Waals surface area contributed by atoms with Crippen molar-refractivity contribution in [1.29, 1.82) is 0 Å². The molecule has 1 aromatic rings. The fraction of sp³-hybridized carbons (Fsp3) is 0.467. The van der Waals surface area contributed by atoms with Crippen LogP contribution in [0.15, 0.2) is 18.2 Å². The van der Waals surface area contributed by atoms with Gasteiger partial charge >= 0.3 is 5.97 Å². The van der Waals surface area contributed by atoms with Crippen molar-refractivity contribution in [2.75, 3.05) is 5.32 Å². The van der Waals surface area contributed by atoms with E-state index in [1.807, 2.05) is 0 Å². The fourth-order valence-electron chi connectivity index (χ4n) is 2.71. The highest BCUT2D eigenvalue weighted by Gasteiger charge is 2.35. The maximum atomic E-state index is 13.4. The monoisotopic (exact) mass is 279 g/mol. The van der Waals surface area contributed by atoms with Crippen LogP contribution in [0.5, 0.6) is 0 Å². The molecule has 0 aromatic heterocycles. The van der Waals surface area contributed by atoms with Crippen LogP contribution in [-0.4, -0.2) is 17.0 Å². The molecule has 0 spiro atoms. The summed E-state index contributed by atoms with van der Waals surface area (Å²) in [6, 6.07) is 4.47. The zero-order valence-electron chi connectivity index (χ0n) is 11.4. The summed E-state index contributed by atoms with van der Waals surface area (Å²) in [7, 11) is 0. The summed E-state index contributed by atoms with van der Waals surface area (Å²) in [4.78, 5) is 23.5. The Bertz CT molecular complexity index is 530. The topological polar surface area (TPSA) is 66.4 Å². The molecule has 20 heavy (non-hydrogen) atoms. The summed E-state index contributed by atoms with van der Waals surface area (Å²) in [5.41, 5.74) is 0.772. The Morgan fingerprint density at radius 3 is 2.55 bits per heavy atom. The van der Waals surface area contributed by atoms with Gasteiger partial charge in [-0.1, -0.05) is 18.9 Å². The normalized spacial score (nSPS) is 22.3. The third-order valence-corrected chi connectivity index (χ3v) is 3.95. The zero-order chi connectivity index (χ0) is 14.7. The third-order valence-electron chi connectivity index (χ3n) is 3.95. The smallest absolute Gasteiger partial charge is 0.307 e. The number of anilines is 1. The van der Waals surface area contributed by atoms with E-state index in [1.54, 1.807) is 13.0 Å². The second kappa shape index (κ2) is 6.03. The summed E-state index contributed by atoms with van der Waals surface area (Å²) in [5.74, 6) is -2.82. The molecule has 108 valence electrons. The van der Waals surface area contributed by atoms with Gasteiger partial charge in [-0.3, -0.25) is 9.59 Å². The van der Waals surface area contributed by atoms with Crippen molar-refractivity contribution in [2.24, 2.45) is 11.8 Å². The number of amides is 1. The number of rotatable bonds is 3. The average Bonchev–Trinajstić information content (AvgIpc) is 2.43. The number of carbonyl (C=O) groups excluding carboxylic acids is 1. The Balaban J connectivity index is 2.14. The van der Waals surface area contributed by atoms with Gasteiger partial charge in [0, 0.05) is 11.3 Å². The Morgan fingerprint density at radius 2 is 1.90 bits per heavy atom. The van der Waals surface area contributed by atoms with Crippen LogP contribution in [-0.2, 0) is 9.59 Å². The first-order chi connectivity index (χ1) is 9.50. The van der Waals surface area contributed by atoms with Crippen LogP contribution in [0.25, 0.3) is 0 Å². The van der Waals surface area contributed by atoms with E-state index in [9.17, 15) is 19.1 Å². The first-order valence-corrected chi connectivity index (χ1v) is 6.79. The summed E-state index contributed by atoms with van der Waals surface area (Å²) in [6.45, 7) is 1.58. The van der Waals surface area contributed by atoms with Crippen molar-refractivity contribution >= 4 is 17.6 Å². The van der Waals surface area contributed by atoms with Gasteiger partial charge in [-0.2, -0.15) is 0 Å². The minimum atomic E-state index is -0.930. The predicted octanol–water partition coefficient (Wildman–Crippen LogP) is 2.96. The molecule has 1 aromatic carbocycles. The van der Waals surface area contributed by atoms with Crippen molar-refractivity contribution < 1.29 is 19.1 Å². The number of carbonyl (C=O) groups is 2. The lowest BCUT2D eigenvalue weighted by Crippen LogP contribution is -2.36. The van der Waals surface area contributed by atoms with E-state index < -0.39 is 17.8 Å². The minimum absolute atomic E-state index is 0.328. The van der Waals surface area contributed by atoms with Crippen LogP contribution >= 0.6 is 0 Å². The molecular weight excluding hydrogens is 261 g/mol. The molecule has 0 saturated heterocycles. The van der Waals surface area contributed by atoms with E-state index in [4.69, 9.17) is 0 Å². The van der Waals surface area contributed by atoms with Crippen molar-refractivity contribution in [3.63, 3.8) is 0 Å². The fourth-order valence-corrected chi connectivity index (χ4v) is 2.71. The van der Waals surface area contributed by atoms with Gasteiger partial charge in [0.15, 0.2) is 0 Å². The average molecular weight is 279 g/mol. The lowest BCUT2D eigenvalue weighted by Gasteiger charge is -2.27. The van der Waals surface area contributed by atoms with E-state index in [0.717, 1.165) is 12.8 Å². The minimum Gasteiger partial charge on any atom is -0.481 e. The quantitative estimate of drug-likeness (QED) is 0.894. The molecule has 0 aliphatic heterocycles. The van der Waals surface area contributed by atoms with Crippen LogP contribution in [0.2, 0.25) is 0 Å². The molecule has 2 N–H and O–H groups in total. The summed E-state index contributed by atoms with van der Waals surface area (Å²) in [6.07, 6.45) is 2.77. The Morgan fingerprint density at radius 1 is 1.25 bits per heavy atom. The molecular formula is C15H18FNO3. The molecule has 0 radical (unpaired) electrons. The van der Waals surface area contributed by atoms with Crippen LogP contribution in [0.3, 0.4) is 0 Å². The highest BCUT2D eigenvalue weighted by molar-refractivity contribution is 5.95. The second-order valence-corrected chi connectivity index (χ2v) is 5.24. The van der Waals surface area contributed by atoms with Crippen molar-refractivity contribution in [2.45, 2.75) is 32.6 Å². The molecule has 2 rings (SSSR count). The van der Waals surface area contributed by atoms with Crippen LogP contribution in [0, 0.1) is 24.6 Å². The van der Waals surface area contributed by atoms with Gasteiger partial charge in [-0.15, -0.1) is 0 Å². The number of nitrogens with one attached hydrogen (secondary N) is 1. The van der Waals surface area contributed by atoms with Crippen molar-refractivity contribution in [3.05, 3.63) is 29.6 Å². The van der Waals surface area contributed by atoms with E-state index in [1.165, 1.54) is 12.1 Å². The lowest BCUT2D eigenvalue weighted by molar-refractivity contribution is -0.147. The highest BCUT2D eigenvalue weighted by atomic mass is 19.1. The van der Waals surface area contributed by atoms with Crippen molar-refractivity contribution in [1.82, 2.24) is 0 Å². The SMILES string of the molecule is Cc1c(F)cccc1NC(=O)[C@@H]1CCCC[C@@H]1C(=O)O. The van der Waals surface area contributed by atoms with E-state index in [0.29, 0.717) is 24.1 Å². The maximum Gasteiger partial charge on any atom is 0.307 e. The van der Waals surface area contributed by atoms with Crippen LogP contribution in [0.4, 0.5) is 10.1 Å². The molecule has 1 saturated carbocycles. The first kappa shape index (κ1) is 14.5. The molecule has 1 aliphatic rings. The molecule has 0 heterocycles. The number of aliphatic carboxylic acids is 1. The number of carboxylic acid groups (broad SMARTS) is 1. The van der Waals surface area contributed by atoms with Gasteiger partial charge in [0.05, 0.1) is 11.8 Å². The molecule has 0 bridgehead atoms. The molecule has 1 fully saturated rings. The first-order valence-electron chi connectivity index (χ1n) is 6.79. The number of halogens is 1. The molecule has 0 unspecified atom stereocenters. The summed E-state index contributed by atoms with van der Waals surface area (Å²) < 4.78 is 13.4. The standard InChI is InChI=1S/C15H18FNO3/c1-9-12(16)7-4-8-13(9)17-14(18)10-5-2-3-6-11(10)15(19)20/h4,7-8,10-11H,2-3,5-6H2,1H3,(H,17,18)(H,19,20)/t10-,11+/m1/s1. The molecule has 1 amide bonds. The zero-order valence-corrected chi connectivity index (χ0v) is 11.4. The van der Waals surface area contributed by atoms with Crippen LogP contribution in [0.1, 0.15) is 31.2 Å². The Kier molecular flexibility index (Phi) is 4.37. The maximum absolute atomic E-state index is 13.4. The largest absolute Gasteiger partial charge is 0.481 e. The van der Waals surface area contributed by atoms with Crippen molar-refractivity contribution in [3.8, 4) is 0 Å². The van der Waals surface area contributed by atoms with Gasteiger partial charge in [0.25, 0.3) is 0 Å². The number of carboxylic acids is 1. The van der Waals surface area contributed by atoms with E-state index >= 15 is 0 Å². The van der Waals surface area contributed by atoms with Gasteiger partial charge < -0.3 is 10.4 Å². The predicted molar refractivity (Wildman–Crippen MR) is 72.9 cm³/mol. The van der Waals surface area contributed by atoms with Crippen LogP contribution < -0.4 is 5.32 Å². The number of hydrogen-bond acceptors (Lipinski definition) is 2. The van der Waals surface area contributed by atoms with Gasteiger partial charge in [-0.05, 0) is 31.9 Å². The van der Waals surface area contributed by atoms with E-state index in [-0.39, 0.29) is 11.7 Å². The van der Waals surface area contributed by atoms with E-state index in [2.05, 4.69) is 5.32 Å². The molecule has 4 nitrogen and oxygen atoms in total. The second-order valence-electron chi connectivity index (χ2n) is 5.24. The lowest BCUT2D eigenvalue weighted by atomic mass is 9.78. The molecule has 5 heteroatoms. The number of hydrogen-bond donors (Lipinski definition) is 2. The van der Waals surface area contributed by atoms with Gasteiger partial charge in [0.1, 0.15) is 5.82 Å².